The summed E-state index contributed by atoms with van der Waals surface area (Å²) in [5.41, 5.74) is 5.29. The van der Waals surface area contributed by atoms with Crippen molar-refractivity contribution < 1.29 is 39.6 Å². The molecule has 0 aliphatic rings. The fourth-order valence-corrected chi connectivity index (χ4v) is 2.66. The van der Waals surface area contributed by atoms with Gasteiger partial charge in [0.2, 0.25) is 11.8 Å². The van der Waals surface area contributed by atoms with Gasteiger partial charge in [0.1, 0.15) is 12.1 Å². The van der Waals surface area contributed by atoms with Crippen molar-refractivity contribution in [3.05, 3.63) is 0 Å². The second kappa shape index (κ2) is 11.6. The second-order valence-electron chi connectivity index (χ2n) is 5.20. The molecule has 0 spiro atoms. The van der Waals surface area contributed by atoms with E-state index < -0.39 is 48.2 Å². The Morgan fingerprint density at radius 1 is 1.04 bits per heavy atom. The van der Waals surface area contributed by atoms with E-state index >= 15 is 0 Å². The lowest BCUT2D eigenvalue weighted by atomic mass is 10.1. The van der Waals surface area contributed by atoms with Crippen LogP contribution in [-0.2, 0) is 19.2 Å². The third-order valence-electron chi connectivity index (χ3n) is 2.96. The second-order valence-corrected chi connectivity index (χ2v) is 6.27. The summed E-state index contributed by atoms with van der Waals surface area (Å²) in [5, 5.41) is 40.4. The van der Waals surface area contributed by atoms with Gasteiger partial charge in [0.05, 0.1) is 6.04 Å². The molecule has 2 amide bonds. The molecule has 0 saturated carbocycles. The molecule has 144 valence electrons. The summed E-state index contributed by atoms with van der Waals surface area (Å²) in [6.45, 7) is 1.18. The smallest absolute Gasteiger partial charge is 0.327 e. The third kappa shape index (κ3) is 10.6. The van der Waals surface area contributed by atoms with Gasteiger partial charge < -0.3 is 36.8 Å². The molecule has 12 heteroatoms. The number of carbonyl (C=O) groups is 4. The minimum absolute atomic E-state index is 0.0176. The molecule has 0 bridgehead atoms. The standard InChI is InChI=1S/C13H23N3O8S/c1-6(17)15-8(12(21)22)2-3-10(18)16-9(13(23)24)5-25-4-7(14)11(19)20/h7-9,12,21-22H,2-5,14H2,1H3,(H,15,17)(H,16,18)(H,19,20)(H,23,24)/t7-,8+,9+/m0/s1. The zero-order chi connectivity index (χ0) is 19.6. The molecule has 8 N–H and O–H groups in total. The highest BCUT2D eigenvalue weighted by atomic mass is 32.2. The fourth-order valence-electron chi connectivity index (χ4n) is 1.67. The number of rotatable bonds is 12. The van der Waals surface area contributed by atoms with E-state index in [-0.39, 0.29) is 24.3 Å². The van der Waals surface area contributed by atoms with Gasteiger partial charge in [0.15, 0.2) is 6.29 Å². The van der Waals surface area contributed by atoms with Crippen LogP contribution in [0.25, 0.3) is 0 Å². The van der Waals surface area contributed by atoms with Crippen LogP contribution >= 0.6 is 11.8 Å². The molecule has 0 aliphatic carbocycles. The highest BCUT2D eigenvalue weighted by Crippen LogP contribution is 2.07. The Bertz CT molecular complexity index is 488. The van der Waals surface area contributed by atoms with Crippen LogP contribution in [0.15, 0.2) is 0 Å². The molecule has 11 nitrogen and oxygen atoms in total. The molecule has 3 atom stereocenters. The maximum absolute atomic E-state index is 11.8. The van der Waals surface area contributed by atoms with Gasteiger partial charge >= 0.3 is 11.9 Å². The summed E-state index contributed by atoms with van der Waals surface area (Å²) in [6.07, 6.45) is -2.21. The number of thioether (sulfide) groups is 1. The fraction of sp³-hybridized carbons (Fsp3) is 0.692. The Morgan fingerprint density at radius 3 is 2.08 bits per heavy atom. The number of carboxylic acid groups (broad SMARTS) is 2. The van der Waals surface area contributed by atoms with Gasteiger partial charge in [-0.3, -0.25) is 14.4 Å². The van der Waals surface area contributed by atoms with E-state index in [0.717, 1.165) is 11.8 Å². The molecule has 0 fully saturated rings. The first-order chi connectivity index (χ1) is 11.5. The van der Waals surface area contributed by atoms with E-state index in [0.29, 0.717) is 0 Å². The molecular formula is C13H23N3O8S. The van der Waals surface area contributed by atoms with E-state index in [1.807, 2.05) is 0 Å². The van der Waals surface area contributed by atoms with Crippen LogP contribution < -0.4 is 16.4 Å². The number of carboxylic acids is 2. The van der Waals surface area contributed by atoms with Gasteiger partial charge in [0, 0.05) is 24.9 Å². The van der Waals surface area contributed by atoms with E-state index in [1.54, 1.807) is 0 Å². The minimum atomic E-state index is -1.86. The van der Waals surface area contributed by atoms with Crippen LogP contribution in [0, 0.1) is 0 Å². The van der Waals surface area contributed by atoms with Crippen molar-refractivity contribution >= 4 is 35.5 Å². The van der Waals surface area contributed by atoms with Crippen molar-refractivity contribution in [2.45, 2.75) is 44.2 Å². The molecular weight excluding hydrogens is 358 g/mol. The molecule has 0 aromatic carbocycles. The molecule has 25 heavy (non-hydrogen) atoms. The predicted molar refractivity (Wildman–Crippen MR) is 87.6 cm³/mol. The zero-order valence-corrected chi connectivity index (χ0v) is 14.4. The number of aliphatic hydroxyl groups is 2. The van der Waals surface area contributed by atoms with Crippen LogP contribution in [0.1, 0.15) is 19.8 Å². The summed E-state index contributed by atoms with van der Waals surface area (Å²) >= 11 is 0.967. The summed E-state index contributed by atoms with van der Waals surface area (Å²) in [4.78, 5) is 44.4. The van der Waals surface area contributed by atoms with Gasteiger partial charge in [-0.15, -0.1) is 0 Å². The molecule has 0 aromatic rings. The molecule has 0 aliphatic heterocycles. The average Bonchev–Trinajstić information content (AvgIpc) is 2.49. The zero-order valence-electron chi connectivity index (χ0n) is 13.5. The van der Waals surface area contributed by atoms with Crippen molar-refractivity contribution in [2.24, 2.45) is 5.73 Å². The summed E-state index contributed by atoms with van der Waals surface area (Å²) < 4.78 is 0. The summed E-state index contributed by atoms with van der Waals surface area (Å²) in [6, 6.07) is -3.45. The molecule has 0 rings (SSSR count). The van der Waals surface area contributed by atoms with E-state index in [9.17, 15) is 19.2 Å². The number of hydrogen-bond donors (Lipinski definition) is 7. The minimum Gasteiger partial charge on any atom is -0.480 e. The molecule has 0 aromatic heterocycles. The highest BCUT2D eigenvalue weighted by Gasteiger charge is 2.23. The van der Waals surface area contributed by atoms with Crippen molar-refractivity contribution in [3.8, 4) is 0 Å². The quantitative estimate of drug-likeness (QED) is 0.174. The maximum atomic E-state index is 11.8. The van der Waals surface area contributed by atoms with Crippen molar-refractivity contribution in [2.75, 3.05) is 11.5 Å². The normalized spacial score (nSPS) is 14.4. The number of aliphatic carboxylic acids is 2. The van der Waals surface area contributed by atoms with Crippen molar-refractivity contribution in [1.29, 1.82) is 0 Å². The largest absolute Gasteiger partial charge is 0.480 e. The number of aliphatic hydroxyl groups excluding tert-OH is 1. The van der Waals surface area contributed by atoms with E-state index in [2.05, 4.69) is 10.6 Å². The van der Waals surface area contributed by atoms with Crippen molar-refractivity contribution in [3.63, 3.8) is 0 Å². The topological polar surface area (TPSA) is 199 Å². The lowest BCUT2D eigenvalue weighted by Gasteiger charge is -2.20. The first-order valence-electron chi connectivity index (χ1n) is 7.26. The predicted octanol–water partition coefficient (Wildman–Crippen LogP) is -2.70. The number of hydrogen-bond acceptors (Lipinski definition) is 8. The van der Waals surface area contributed by atoms with Crippen LogP contribution in [0.2, 0.25) is 0 Å². The van der Waals surface area contributed by atoms with Gasteiger partial charge in [-0.05, 0) is 6.42 Å². The highest BCUT2D eigenvalue weighted by molar-refractivity contribution is 7.99. The van der Waals surface area contributed by atoms with Gasteiger partial charge in [0.25, 0.3) is 0 Å². The van der Waals surface area contributed by atoms with Gasteiger partial charge in [-0.1, -0.05) is 0 Å². The van der Waals surface area contributed by atoms with Crippen LogP contribution in [0.3, 0.4) is 0 Å². The van der Waals surface area contributed by atoms with Crippen LogP contribution in [-0.4, -0.2) is 80.1 Å². The Labute approximate surface area is 148 Å². The first-order valence-corrected chi connectivity index (χ1v) is 8.41. The molecule has 0 heterocycles. The SMILES string of the molecule is CC(=O)N[C@H](CCC(=O)N[C@H](CSC[C@H](N)C(=O)O)C(=O)O)C(O)O. The van der Waals surface area contributed by atoms with Crippen molar-refractivity contribution in [1.82, 2.24) is 10.6 Å². The Morgan fingerprint density at radius 2 is 1.64 bits per heavy atom. The molecule has 0 saturated heterocycles. The molecule has 0 unspecified atom stereocenters. The first kappa shape index (κ1) is 23.1. The van der Waals surface area contributed by atoms with E-state index in [1.165, 1.54) is 6.92 Å². The number of carbonyl (C=O) groups excluding carboxylic acids is 2. The van der Waals surface area contributed by atoms with Gasteiger partial charge in [-0.2, -0.15) is 11.8 Å². The Hall–Kier alpha value is -1.89. The number of nitrogens with two attached hydrogens (primary N) is 1. The monoisotopic (exact) mass is 381 g/mol. The molecule has 0 radical (unpaired) electrons. The Balaban J connectivity index is 4.42. The maximum Gasteiger partial charge on any atom is 0.327 e. The number of amides is 2. The number of nitrogens with one attached hydrogen (secondary N) is 2. The summed E-state index contributed by atoms with van der Waals surface area (Å²) in [7, 11) is 0. The van der Waals surface area contributed by atoms with Crippen LogP contribution in [0.4, 0.5) is 0 Å². The van der Waals surface area contributed by atoms with E-state index in [4.69, 9.17) is 26.2 Å². The lowest BCUT2D eigenvalue weighted by molar-refractivity contribution is -0.141. The van der Waals surface area contributed by atoms with Crippen LogP contribution in [0.5, 0.6) is 0 Å². The van der Waals surface area contributed by atoms with Gasteiger partial charge in [-0.25, -0.2) is 4.79 Å². The average molecular weight is 381 g/mol. The Kier molecular flexibility index (Phi) is 10.7. The summed E-state index contributed by atoms with van der Waals surface area (Å²) in [5.74, 6) is -3.78. The lowest BCUT2D eigenvalue weighted by Crippen LogP contribution is -2.45. The third-order valence-corrected chi connectivity index (χ3v) is 4.13.